The normalized spacial score (nSPS) is 10.8. The molecule has 6 nitrogen and oxygen atoms in total. The smallest absolute Gasteiger partial charge is 0.234 e. The molecule has 0 aliphatic carbocycles. The number of amides is 1. The van der Waals surface area contributed by atoms with Crippen molar-refractivity contribution >= 4 is 56.6 Å². The number of allylic oxidation sites excluding steroid dienone is 1. The summed E-state index contributed by atoms with van der Waals surface area (Å²) in [6, 6.07) is 13.6. The number of hydrogen-bond donors (Lipinski definition) is 1. The van der Waals surface area contributed by atoms with Crippen molar-refractivity contribution in [1.82, 2.24) is 14.8 Å². The number of nitrogens with zero attached hydrogens (tertiary/aromatic N) is 4. The molecule has 0 saturated carbocycles. The summed E-state index contributed by atoms with van der Waals surface area (Å²) in [5.41, 5.74) is 2.71. The summed E-state index contributed by atoms with van der Waals surface area (Å²) in [5, 5.41) is 12.7. The predicted octanol–water partition coefficient (Wildman–Crippen LogP) is 6.12. The first-order valence-corrected chi connectivity index (χ1v) is 12.4. The Balaban J connectivity index is 1.73. The van der Waals surface area contributed by atoms with Crippen LogP contribution < -0.4 is 10.2 Å². The highest BCUT2D eigenvalue weighted by molar-refractivity contribution is 9.10. The maximum Gasteiger partial charge on any atom is 0.234 e. The molecule has 0 unspecified atom stereocenters. The molecule has 32 heavy (non-hydrogen) atoms. The fourth-order valence-corrected chi connectivity index (χ4v) is 4.69. The number of nitrogens with one attached hydrogen (secondary N) is 1. The quantitative estimate of drug-likeness (QED) is 0.251. The summed E-state index contributed by atoms with van der Waals surface area (Å²) in [5.74, 6) is 0.759. The second-order valence-corrected chi connectivity index (χ2v) is 9.15. The minimum atomic E-state index is -0.169. The van der Waals surface area contributed by atoms with Crippen LogP contribution in [0, 0.1) is 0 Å². The summed E-state index contributed by atoms with van der Waals surface area (Å²) in [6.07, 6.45) is 1.79. The second kappa shape index (κ2) is 11.5. The van der Waals surface area contributed by atoms with Crippen LogP contribution in [-0.2, 0) is 11.3 Å². The van der Waals surface area contributed by atoms with E-state index in [1.54, 1.807) is 18.2 Å². The van der Waals surface area contributed by atoms with Gasteiger partial charge in [0, 0.05) is 35.4 Å². The molecule has 0 saturated heterocycles. The van der Waals surface area contributed by atoms with E-state index >= 15 is 0 Å². The van der Waals surface area contributed by atoms with Gasteiger partial charge in [-0.15, -0.1) is 16.8 Å². The Morgan fingerprint density at radius 1 is 1.22 bits per heavy atom. The molecule has 0 aliphatic heterocycles. The monoisotopic (exact) mass is 533 g/mol. The zero-order valence-electron chi connectivity index (χ0n) is 18.0. The van der Waals surface area contributed by atoms with Gasteiger partial charge in [0.2, 0.25) is 5.91 Å². The Morgan fingerprint density at radius 3 is 2.56 bits per heavy atom. The van der Waals surface area contributed by atoms with Crippen molar-refractivity contribution < 1.29 is 4.79 Å². The summed E-state index contributed by atoms with van der Waals surface area (Å²) in [4.78, 5) is 14.7. The number of halogens is 2. The minimum absolute atomic E-state index is 0.169. The summed E-state index contributed by atoms with van der Waals surface area (Å²) >= 11 is 10.9. The Bertz CT molecular complexity index is 1080. The number of hydrogen-bond acceptors (Lipinski definition) is 5. The summed E-state index contributed by atoms with van der Waals surface area (Å²) < 4.78 is 2.81. The van der Waals surface area contributed by atoms with Crippen LogP contribution in [0.25, 0.3) is 11.4 Å². The van der Waals surface area contributed by atoms with E-state index in [0.29, 0.717) is 22.4 Å². The number of anilines is 2. The first-order valence-electron chi connectivity index (χ1n) is 10.2. The lowest BCUT2D eigenvalue weighted by Crippen LogP contribution is -2.21. The van der Waals surface area contributed by atoms with Crippen molar-refractivity contribution in [2.45, 2.75) is 25.5 Å². The molecule has 1 amide bonds. The number of thioether (sulfide) groups is 1. The third-order valence-corrected chi connectivity index (χ3v) is 6.59. The molecule has 0 fully saturated rings. The molecule has 9 heteroatoms. The van der Waals surface area contributed by atoms with Gasteiger partial charge in [0.1, 0.15) is 0 Å². The van der Waals surface area contributed by atoms with Gasteiger partial charge >= 0.3 is 0 Å². The Kier molecular flexibility index (Phi) is 8.78. The van der Waals surface area contributed by atoms with Crippen LogP contribution in [0.1, 0.15) is 13.8 Å². The van der Waals surface area contributed by atoms with Gasteiger partial charge in [0.25, 0.3) is 0 Å². The largest absolute Gasteiger partial charge is 0.372 e. The predicted molar refractivity (Wildman–Crippen MR) is 138 cm³/mol. The lowest BCUT2D eigenvalue weighted by atomic mass is 10.2. The Hall–Kier alpha value is -2.29. The lowest BCUT2D eigenvalue weighted by Gasteiger charge is -2.21. The average molecular weight is 535 g/mol. The van der Waals surface area contributed by atoms with Crippen LogP contribution in [0.4, 0.5) is 11.4 Å². The molecule has 0 aliphatic rings. The molecule has 0 spiro atoms. The van der Waals surface area contributed by atoms with E-state index in [1.165, 1.54) is 17.4 Å². The van der Waals surface area contributed by atoms with Crippen LogP contribution >= 0.6 is 39.3 Å². The highest BCUT2D eigenvalue weighted by atomic mass is 79.9. The molecular formula is C23H25BrClN5OS. The van der Waals surface area contributed by atoms with Crippen LogP contribution in [0.15, 0.2) is 64.7 Å². The maximum atomic E-state index is 12.4. The third kappa shape index (κ3) is 5.94. The van der Waals surface area contributed by atoms with Gasteiger partial charge in [-0.1, -0.05) is 45.4 Å². The molecule has 3 rings (SSSR count). The van der Waals surface area contributed by atoms with Crippen molar-refractivity contribution in [3.63, 3.8) is 0 Å². The SMILES string of the molecule is C=CCn1c(SCC(=O)Nc2ccc(Br)cc2Cl)nnc1-c1ccc(N(CC)CC)cc1. The van der Waals surface area contributed by atoms with Gasteiger partial charge in [-0.05, 0) is 56.3 Å². The molecular weight excluding hydrogens is 510 g/mol. The van der Waals surface area contributed by atoms with Crippen molar-refractivity contribution in [3.8, 4) is 11.4 Å². The highest BCUT2D eigenvalue weighted by Crippen LogP contribution is 2.28. The van der Waals surface area contributed by atoms with E-state index < -0.39 is 0 Å². The first-order chi connectivity index (χ1) is 15.5. The lowest BCUT2D eigenvalue weighted by molar-refractivity contribution is -0.113. The standard InChI is InChI=1S/C23H25BrClN5OS/c1-4-13-30-22(16-7-10-18(11-8-16)29(5-2)6-3)27-28-23(30)32-15-21(31)26-20-12-9-17(24)14-19(20)25/h4,7-12,14H,1,5-6,13,15H2,2-3H3,(H,26,31). The number of aromatic nitrogens is 3. The van der Waals surface area contributed by atoms with Gasteiger partial charge in [0.15, 0.2) is 11.0 Å². The molecule has 168 valence electrons. The fraction of sp³-hybridized carbons (Fsp3) is 0.261. The van der Waals surface area contributed by atoms with E-state index in [9.17, 15) is 4.79 Å². The molecule has 0 atom stereocenters. The zero-order valence-corrected chi connectivity index (χ0v) is 21.2. The van der Waals surface area contributed by atoms with Gasteiger partial charge in [-0.3, -0.25) is 9.36 Å². The third-order valence-electron chi connectivity index (χ3n) is 4.82. The summed E-state index contributed by atoms with van der Waals surface area (Å²) in [6.45, 7) is 10.6. The first kappa shape index (κ1) is 24.4. The zero-order chi connectivity index (χ0) is 23.1. The van der Waals surface area contributed by atoms with Gasteiger partial charge in [-0.25, -0.2) is 0 Å². The van der Waals surface area contributed by atoms with Gasteiger partial charge < -0.3 is 10.2 Å². The molecule has 0 radical (unpaired) electrons. The van der Waals surface area contributed by atoms with Crippen molar-refractivity contribution in [2.75, 3.05) is 29.1 Å². The van der Waals surface area contributed by atoms with E-state index in [-0.39, 0.29) is 11.7 Å². The summed E-state index contributed by atoms with van der Waals surface area (Å²) in [7, 11) is 0. The molecule has 1 N–H and O–H groups in total. The maximum absolute atomic E-state index is 12.4. The Morgan fingerprint density at radius 2 is 1.94 bits per heavy atom. The molecule has 3 aromatic rings. The number of benzene rings is 2. The van der Waals surface area contributed by atoms with Gasteiger partial charge in [-0.2, -0.15) is 0 Å². The van der Waals surface area contributed by atoms with Crippen LogP contribution in [-0.4, -0.2) is 39.5 Å². The van der Waals surface area contributed by atoms with Crippen LogP contribution in [0.2, 0.25) is 5.02 Å². The Labute approximate surface area is 206 Å². The number of rotatable bonds is 10. The van der Waals surface area contributed by atoms with E-state index in [1.807, 2.05) is 22.8 Å². The molecule has 1 heterocycles. The average Bonchev–Trinajstić information content (AvgIpc) is 3.18. The van der Waals surface area contributed by atoms with E-state index in [4.69, 9.17) is 11.6 Å². The van der Waals surface area contributed by atoms with Crippen molar-refractivity contribution in [3.05, 3.63) is 64.6 Å². The molecule has 0 bridgehead atoms. The minimum Gasteiger partial charge on any atom is -0.372 e. The van der Waals surface area contributed by atoms with Crippen molar-refractivity contribution in [2.24, 2.45) is 0 Å². The van der Waals surface area contributed by atoms with Crippen molar-refractivity contribution in [1.29, 1.82) is 0 Å². The van der Waals surface area contributed by atoms with Crippen LogP contribution in [0.5, 0.6) is 0 Å². The number of carbonyl (C=O) groups excluding carboxylic acids is 1. The highest BCUT2D eigenvalue weighted by Gasteiger charge is 2.16. The fourth-order valence-electron chi connectivity index (χ4n) is 3.22. The second-order valence-electron chi connectivity index (χ2n) is 6.89. The van der Waals surface area contributed by atoms with E-state index in [0.717, 1.165) is 29.0 Å². The molecule has 2 aromatic carbocycles. The van der Waals surface area contributed by atoms with Crippen LogP contribution in [0.3, 0.4) is 0 Å². The van der Waals surface area contributed by atoms with E-state index in [2.05, 4.69) is 68.9 Å². The molecule has 1 aromatic heterocycles. The van der Waals surface area contributed by atoms with Gasteiger partial charge in [0.05, 0.1) is 16.5 Å². The number of carbonyl (C=O) groups is 1. The topological polar surface area (TPSA) is 63.1 Å².